The van der Waals surface area contributed by atoms with Crippen LogP contribution >= 0.6 is 0 Å². The zero-order chi connectivity index (χ0) is 19.3. The number of carbonyl (C=O) groups excluding carboxylic acids is 1. The third-order valence-electron chi connectivity index (χ3n) is 5.92. The zero-order valence-corrected chi connectivity index (χ0v) is 16.5. The highest BCUT2D eigenvalue weighted by atomic mass is 16.7. The molecule has 28 heavy (non-hydrogen) atoms. The molecule has 0 spiro atoms. The molecule has 1 saturated carbocycles. The van der Waals surface area contributed by atoms with E-state index >= 15 is 0 Å². The van der Waals surface area contributed by atoms with Crippen molar-refractivity contribution in [1.29, 1.82) is 0 Å². The number of aromatic nitrogens is 2. The van der Waals surface area contributed by atoms with Gasteiger partial charge in [-0.1, -0.05) is 0 Å². The van der Waals surface area contributed by atoms with E-state index in [4.69, 9.17) is 19.9 Å². The van der Waals surface area contributed by atoms with Gasteiger partial charge in [0.05, 0.1) is 18.0 Å². The van der Waals surface area contributed by atoms with Gasteiger partial charge in [-0.2, -0.15) is 5.10 Å². The van der Waals surface area contributed by atoms with Crippen molar-refractivity contribution in [3.8, 4) is 0 Å². The Morgan fingerprint density at radius 3 is 2.50 bits per heavy atom. The van der Waals surface area contributed by atoms with E-state index in [0.29, 0.717) is 11.4 Å². The van der Waals surface area contributed by atoms with Crippen LogP contribution < -0.4 is 11.1 Å². The summed E-state index contributed by atoms with van der Waals surface area (Å²) < 4.78 is 19.2. The Balaban J connectivity index is 1.26. The van der Waals surface area contributed by atoms with Gasteiger partial charge < -0.3 is 25.3 Å². The van der Waals surface area contributed by atoms with Crippen LogP contribution in [0.3, 0.4) is 0 Å². The molecule has 1 amide bonds. The summed E-state index contributed by atoms with van der Waals surface area (Å²) in [6.45, 7) is 1.53. The molecule has 2 saturated heterocycles. The number of hydrogen-bond donors (Lipinski definition) is 2. The second-order valence-electron chi connectivity index (χ2n) is 8.11. The Hall–Kier alpha value is -1.64. The maximum absolute atomic E-state index is 12.7. The van der Waals surface area contributed by atoms with Gasteiger partial charge in [0.2, 0.25) is 0 Å². The summed E-state index contributed by atoms with van der Waals surface area (Å²) in [6, 6.07) is 0.134. The molecule has 0 aromatic carbocycles. The minimum Gasteiger partial charge on any atom is -0.396 e. The molecule has 3 heterocycles. The summed E-state index contributed by atoms with van der Waals surface area (Å²) in [5.74, 6) is -0.202. The predicted octanol–water partition coefficient (Wildman–Crippen LogP) is 2.75. The van der Waals surface area contributed by atoms with Crippen molar-refractivity contribution in [2.24, 2.45) is 0 Å². The number of nitrogens with two attached hydrogens (primary N) is 1. The van der Waals surface area contributed by atoms with Crippen LogP contribution in [0.5, 0.6) is 0 Å². The predicted molar refractivity (Wildman–Crippen MR) is 104 cm³/mol. The molecule has 3 N–H and O–H groups in total. The van der Waals surface area contributed by atoms with Crippen molar-refractivity contribution >= 4 is 11.6 Å². The van der Waals surface area contributed by atoms with E-state index in [2.05, 4.69) is 10.4 Å². The van der Waals surface area contributed by atoms with E-state index in [1.807, 2.05) is 0 Å². The molecule has 1 aromatic heterocycles. The van der Waals surface area contributed by atoms with Crippen molar-refractivity contribution in [2.75, 3.05) is 18.9 Å². The standard InChI is InChI=1S/C20H32N4O4/c21-16-13-24(17-5-1-3-11-26-17)23-19(16)20(25)22-14-7-9-15(10-8-14)28-18-6-2-4-12-27-18/h13-15,17-18H,1-12,21H2,(H,22,25). The normalized spacial score (nSPS) is 31.4. The highest BCUT2D eigenvalue weighted by Gasteiger charge is 2.28. The Bertz CT molecular complexity index is 645. The van der Waals surface area contributed by atoms with Crippen LogP contribution in [-0.2, 0) is 14.2 Å². The van der Waals surface area contributed by atoms with Crippen molar-refractivity contribution in [3.05, 3.63) is 11.9 Å². The molecular weight excluding hydrogens is 360 g/mol. The van der Waals surface area contributed by atoms with Gasteiger partial charge in [0.15, 0.2) is 12.0 Å². The molecule has 1 aliphatic carbocycles. The molecular formula is C20H32N4O4. The minimum absolute atomic E-state index is 0.0457. The Morgan fingerprint density at radius 1 is 1.07 bits per heavy atom. The van der Waals surface area contributed by atoms with E-state index in [9.17, 15) is 4.79 Å². The van der Waals surface area contributed by atoms with Gasteiger partial charge in [-0.25, -0.2) is 4.68 Å². The van der Waals surface area contributed by atoms with Gasteiger partial charge in [0, 0.05) is 19.3 Å². The molecule has 156 valence electrons. The van der Waals surface area contributed by atoms with Crippen molar-refractivity contribution in [1.82, 2.24) is 15.1 Å². The van der Waals surface area contributed by atoms with Crippen LogP contribution in [0.25, 0.3) is 0 Å². The minimum atomic E-state index is -0.202. The van der Waals surface area contributed by atoms with E-state index in [-0.39, 0.29) is 30.6 Å². The lowest BCUT2D eigenvalue weighted by Gasteiger charge is -2.32. The SMILES string of the molecule is Nc1cn(C2CCCCO2)nc1C(=O)NC1CCC(OC2CCCCO2)CC1. The molecule has 2 aliphatic heterocycles. The molecule has 0 bridgehead atoms. The summed E-state index contributed by atoms with van der Waals surface area (Å²) in [7, 11) is 0. The Morgan fingerprint density at radius 2 is 1.82 bits per heavy atom. The number of hydrogen-bond acceptors (Lipinski definition) is 6. The fourth-order valence-corrected chi connectivity index (χ4v) is 4.29. The second-order valence-corrected chi connectivity index (χ2v) is 8.11. The average molecular weight is 393 g/mol. The third-order valence-corrected chi connectivity index (χ3v) is 5.92. The number of rotatable bonds is 5. The molecule has 2 unspecified atom stereocenters. The first-order chi connectivity index (χ1) is 13.7. The van der Waals surface area contributed by atoms with E-state index in [1.54, 1.807) is 10.9 Å². The molecule has 0 radical (unpaired) electrons. The average Bonchev–Trinajstić information content (AvgIpc) is 3.13. The fourth-order valence-electron chi connectivity index (χ4n) is 4.29. The van der Waals surface area contributed by atoms with Crippen LogP contribution in [0.1, 0.15) is 80.9 Å². The van der Waals surface area contributed by atoms with Crippen molar-refractivity contribution < 1.29 is 19.0 Å². The molecule has 1 aromatic rings. The van der Waals surface area contributed by atoms with E-state index in [1.165, 1.54) is 6.42 Å². The number of nitrogens with zero attached hydrogens (tertiary/aromatic N) is 2. The molecule has 3 fully saturated rings. The first kappa shape index (κ1) is 19.7. The topological polar surface area (TPSA) is 101 Å². The number of carbonyl (C=O) groups is 1. The third kappa shape index (κ3) is 4.85. The van der Waals surface area contributed by atoms with E-state index in [0.717, 1.165) is 71.0 Å². The maximum Gasteiger partial charge on any atom is 0.274 e. The first-order valence-electron chi connectivity index (χ1n) is 10.7. The van der Waals surface area contributed by atoms with Gasteiger partial charge in [0.25, 0.3) is 5.91 Å². The molecule has 2 atom stereocenters. The molecule has 4 rings (SSSR count). The largest absolute Gasteiger partial charge is 0.396 e. The molecule has 8 nitrogen and oxygen atoms in total. The maximum atomic E-state index is 12.7. The van der Waals surface area contributed by atoms with Crippen LogP contribution in [0.2, 0.25) is 0 Å². The van der Waals surface area contributed by atoms with Crippen LogP contribution in [0.4, 0.5) is 5.69 Å². The first-order valence-corrected chi connectivity index (χ1v) is 10.7. The number of ether oxygens (including phenoxy) is 3. The number of amides is 1. The Labute approximate surface area is 166 Å². The number of anilines is 1. The highest BCUT2D eigenvalue weighted by molar-refractivity contribution is 5.97. The van der Waals surface area contributed by atoms with Crippen molar-refractivity contribution in [3.63, 3.8) is 0 Å². The van der Waals surface area contributed by atoms with Gasteiger partial charge in [0.1, 0.15) is 6.23 Å². The van der Waals surface area contributed by atoms with E-state index < -0.39 is 0 Å². The number of nitrogen functional groups attached to an aromatic ring is 1. The Kier molecular flexibility index (Phi) is 6.49. The summed E-state index contributed by atoms with van der Waals surface area (Å²) >= 11 is 0. The van der Waals surface area contributed by atoms with Crippen molar-refractivity contribution in [2.45, 2.75) is 88.9 Å². The summed E-state index contributed by atoms with van der Waals surface area (Å²) in [4.78, 5) is 12.7. The zero-order valence-electron chi connectivity index (χ0n) is 16.5. The highest BCUT2D eigenvalue weighted by Crippen LogP contribution is 2.26. The summed E-state index contributed by atoms with van der Waals surface area (Å²) in [5, 5.41) is 7.50. The van der Waals surface area contributed by atoms with Crippen LogP contribution in [0.15, 0.2) is 6.20 Å². The summed E-state index contributed by atoms with van der Waals surface area (Å²) in [6.07, 6.45) is 11.8. The van der Waals surface area contributed by atoms with Crippen LogP contribution in [-0.4, -0.2) is 47.3 Å². The lowest BCUT2D eigenvalue weighted by atomic mass is 9.92. The monoisotopic (exact) mass is 392 g/mol. The lowest BCUT2D eigenvalue weighted by Crippen LogP contribution is -2.40. The fraction of sp³-hybridized carbons (Fsp3) is 0.800. The number of nitrogens with one attached hydrogen (secondary N) is 1. The molecule has 8 heteroatoms. The van der Waals surface area contributed by atoms with Gasteiger partial charge in [-0.15, -0.1) is 0 Å². The quantitative estimate of drug-likeness (QED) is 0.799. The second kappa shape index (κ2) is 9.24. The van der Waals surface area contributed by atoms with Gasteiger partial charge >= 0.3 is 0 Å². The molecule has 3 aliphatic rings. The van der Waals surface area contributed by atoms with Crippen LogP contribution in [0, 0.1) is 0 Å². The van der Waals surface area contributed by atoms with Gasteiger partial charge in [-0.3, -0.25) is 4.79 Å². The smallest absolute Gasteiger partial charge is 0.274 e. The van der Waals surface area contributed by atoms with Gasteiger partial charge in [-0.05, 0) is 64.2 Å². The lowest BCUT2D eigenvalue weighted by molar-refractivity contribution is -0.193. The summed E-state index contributed by atoms with van der Waals surface area (Å²) in [5.41, 5.74) is 6.74.